The van der Waals surface area contributed by atoms with E-state index in [2.05, 4.69) is 29.0 Å². The van der Waals surface area contributed by atoms with Crippen molar-refractivity contribution >= 4 is 17.3 Å². The van der Waals surface area contributed by atoms with Gasteiger partial charge in [0.1, 0.15) is 11.8 Å². The van der Waals surface area contributed by atoms with Crippen LogP contribution >= 0.6 is 0 Å². The molecule has 0 spiro atoms. The summed E-state index contributed by atoms with van der Waals surface area (Å²) in [4.78, 5) is 27.3. The maximum Gasteiger partial charge on any atom is 0.198 e. The molecule has 2 heterocycles. The number of hydrogen-bond acceptors (Lipinski definition) is 7. The first-order valence-electron chi connectivity index (χ1n) is 11.4. The van der Waals surface area contributed by atoms with Gasteiger partial charge in [0.25, 0.3) is 0 Å². The van der Waals surface area contributed by atoms with E-state index < -0.39 is 46.8 Å². The van der Waals surface area contributed by atoms with Crippen molar-refractivity contribution in [2.75, 3.05) is 5.32 Å². The van der Waals surface area contributed by atoms with Crippen LogP contribution in [0.15, 0.2) is 36.4 Å². The number of anilines is 1. The summed E-state index contributed by atoms with van der Waals surface area (Å²) in [7, 11) is 0. The highest BCUT2D eigenvalue weighted by Gasteiger charge is 2.82. The van der Waals surface area contributed by atoms with Gasteiger partial charge in [-0.25, -0.2) is 0 Å². The molecule has 0 amide bonds. The lowest BCUT2D eigenvalue weighted by molar-refractivity contribution is 0.0867. The Balaban J connectivity index is 1.66. The number of aromatic hydroxyl groups is 1. The molecule has 5 atom stereocenters. The third-order valence-electron chi connectivity index (χ3n) is 7.43. The van der Waals surface area contributed by atoms with Crippen LogP contribution in [0.25, 0.3) is 0 Å². The number of aliphatic hydroxyl groups excluding tert-OH is 2. The summed E-state index contributed by atoms with van der Waals surface area (Å²) in [5.74, 6) is 9.99. The second kappa shape index (κ2) is 7.07. The SMILES string of the molecule is CCc1ccc2c(c1)C(=O)c1c(O)cc3c(c1C2=O)N[C@H]1C#C/C=C\C#C[C@H](O)[C@@]32O[C@@]12[C@@H](C)O. The Morgan fingerprint density at radius 1 is 1.09 bits per heavy atom. The number of rotatable bonds is 2. The summed E-state index contributed by atoms with van der Waals surface area (Å²) in [6.07, 6.45) is 1.20. The fraction of sp³-hybridized carbons (Fsp3) is 0.286. The van der Waals surface area contributed by atoms with Gasteiger partial charge >= 0.3 is 0 Å². The van der Waals surface area contributed by atoms with Crippen molar-refractivity contribution < 1.29 is 29.6 Å². The summed E-state index contributed by atoms with van der Waals surface area (Å²) < 4.78 is 6.15. The van der Waals surface area contributed by atoms with E-state index in [1.807, 2.05) is 6.92 Å². The van der Waals surface area contributed by atoms with E-state index in [-0.39, 0.29) is 33.5 Å². The lowest BCUT2D eigenvalue weighted by Gasteiger charge is -2.37. The Bertz CT molecular complexity index is 1510. The first kappa shape index (κ1) is 21.6. The Morgan fingerprint density at radius 3 is 2.51 bits per heavy atom. The number of carbonyl (C=O) groups is 2. The van der Waals surface area contributed by atoms with Crippen LogP contribution in [0.1, 0.15) is 56.8 Å². The number of phenolic OH excluding ortho intramolecular Hbond substituents is 1. The number of carbonyl (C=O) groups excluding carboxylic acids is 2. The molecule has 1 saturated heterocycles. The molecule has 0 saturated carbocycles. The number of aryl methyl sites for hydroxylation is 1. The average Bonchev–Trinajstić information content (AvgIpc) is 3.57. The molecular weight excluding hydrogens is 446 g/mol. The Hall–Kier alpha value is -3.88. The maximum atomic E-state index is 13.8. The van der Waals surface area contributed by atoms with E-state index in [4.69, 9.17) is 4.74 Å². The Morgan fingerprint density at radius 2 is 1.80 bits per heavy atom. The number of ketones is 2. The van der Waals surface area contributed by atoms with E-state index >= 15 is 0 Å². The highest BCUT2D eigenvalue weighted by Crippen LogP contribution is 2.67. The van der Waals surface area contributed by atoms with Gasteiger partial charge in [-0.3, -0.25) is 9.59 Å². The smallest absolute Gasteiger partial charge is 0.198 e. The zero-order valence-electron chi connectivity index (χ0n) is 19.0. The number of fused-ring (bicyclic) bond motifs is 4. The minimum atomic E-state index is -1.57. The fourth-order valence-electron chi connectivity index (χ4n) is 5.71. The van der Waals surface area contributed by atoms with Crippen LogP contribution in [0.2, 0.25) is 0 Å². The van der Waals surface area contributed by atoms with Crippen molar-refractivity contribution in [3.05, 3.63) is 69.8 Å². The second-order valence-corrected chi connectivity index (χ2v) is 9.16. The van der Waals surface area contributed by atoms with Crippen molar-refractivity contribution in [3.63, 3.8) is 0 Å². The predicted octanol–water partition coefficient (Wildman–Crippen LogP) is 1.81. The molecule has 0 aromatic heterocycles. The number of benzene rings is 2. The standard InChI is InChI=1S/C28H21NO6/c1-3-15-10-11-16-17(12-15)26(34)22-19(31)13-18-24(23(22)25(16)33)29-20-8-6-4-5-7-9-21(32)28(18)27(20,35-28)14(2)30/h4-5,10-14,20-21,29-32H,3H2,1-2H3/b5-4-/t14-,20+,21+,27+,28+/m1/s1. The molecule has 0 radical (unpaired) electrons. The lowest BCUT2D eigenvalue weighted by atomic mass is 9.69. The van der Waals surface area contributed by atoms with Crippen molar-refractivity contribution in [2.24, 2.45) is 0 Å². The van der Waals surface area contributed by atoms with Gasteiger partial charge in [-0.2, -0.15) is 0 Å². The van der Waals surface area contributed by atoms with E-state index in [1.165, 1.54) is 25.1 Å². The van der Waals surface area contributed by atoms with Gasteiger partial charge in [-0.05, 0) is 43.2 Å². The summed E-state index contributed by atoms with van der Waals surface area (Å²) in [6, 6.07) is 5.59. The number of allylic oxidation sites excluding steroid dienone is 2. The minimum Gasteiger partial charge on any atom is -0.507 e. The quantitative estimate of drug-likeness (QED) is 0.258. The highest BCUT2D eigenvalue weighted by atomic mass is 16.7. The van der Waals surface area contributed by atoms with Gasteiger partial charge in [0, 0.05) is 16.7 Å². The van der Waals surface area contributed by atoms with Gasteiger partial charge in [0.2, 0.25) is 0 Å². The van der Waals surface area contributed by atoms with Crippen molar-refractivity contribution in [2.45, 2.75) is 49.7 Å². The molecule has 2 aliphatic heterocycles. The van der Waals surface area contributed by atoms with E-state index in [0.29, 0.717) is 6.42 Å². The summed E-state index contributed by atoms with van der Waals surface area (Å²) in [5.41, 5.74) is -1.21. The number of hydrogen-bond donors (Lipinski definition) is 4. The van der Waals surface area contributed by atoms with Crippen molar-refractivity contribution in [3.8, 4) is 29.4 Å². The van der Waals surface area contributed by atoms with Crippen LogP contribution < -0.4 is 5.32 Å². The molecule has 2 aromatic carbocycles. The molecular formula is C28H21NO6. The number of epoxide rings is 1. The van der Waals surface area contributed by atoms with Crippen LogP contribution in [0, 0.1) is 23.7 Å². The van der Waals surface area contributed by atoms with Crippen LogP contribution in [0.5, 0.6) is 5.75 Å². The molecule has 0 unspecified atom stereocenters. The van der Waals surface area contributed by atoms with Crippen LogP contribution in [0.3, 0.4) is 0 Å². The summed E-state index contributed by atoms with van der Waals surface area (Å²) >= 11 is 0. The zero-order valence-corrected chi connectivity index (χ0v) is 19.0. The Labute approximate surface area is 201 Å². The predicted molar refractivity (Wildman–Crippen MR) is 126 cm³/mol. The normalized spacial score (nSPS) is 30.5. The number of ether oxygens (including phenoxy) is 1. The van der Waals surface area contributed by atoms with Gasteiger partial charge in [-0.1, -0.05) is 42.7 Å². The maximum absolute atomic E-state index is 13.8. The second-order valence-electron chi connectivity index (χ2n) is 9.16. The topological polar surface area (TPSA) is 119 Å². The number of nitrogens with one attached hydrogen (secondary N) is 1. The third kappa shape index (κ3) is 2.53. The van der Waals surface area contributed by atoms with Gasteiger partial charge < -0.3 is 25.4 Å². The molecule has 6 rings (SSSR count). The molecule has 2 aromatic rings. The molecule has 1 fully saturated rings. The van der Waals surface area contributed by atoms with Gasteiger partial charge in [0.05, 0.1) is 22.9 Å². The first-order valence-corrected chi connectivity index (χ1v) is 11.4. The number of phenols is 1. The van der Waals surface area contributed by atoms with Crippen LogP contribution in [-0.2, 0) is 16.8 Å². The fourth-order valence-corrected chi connectivity index (χ4v) is 5.71. The largest absolute Gasteiger partial charge is 0.507 e. The molecule has 35 heavy (non-hydrogen) atoms. The third-order valence-corrected chi connectivity index (χ3v) is 7.43. The molecule has 4 aliphatic rings. The molecule has 7 nitrogen and oxygen atoms in total. The van der Waals surface area contributed by atoms with Crippen molar-refractivity contribution in [1.29, 1.82) is 0 Å². The van der Waals surface area contributed by atoms with Crippen LogP contribution in [-0.4, -0.2) is 50.7 Å². The molecule has 174 valence electrons. The Kier molecular flexibility index (Phi) is 4.37. The van der Waals surface area contributed by atoms with E-state index in [9.17, 15) is 24.9 Å². The van der Waals surface area contributed by atoms with Gasteiger partial charge in [0.15, 0.2) is 28.9 Å². The monoisotopic (exact) mass is 467 g/mol. The molecule has 7 heteroatoms. The number of aliphatic hydroxyl groups is 2. The van der Waals surface area contributed by atoms with E-state index in [0.717, 1.165) is 5.56 Å². The van der Waals surface area contributed by atoms with Crippen molar-refractivity contribution in [1.82, 2.24) is 0 Å². The summed E-state index contributed by atoms with van der Waals surface area (Å²) in [5, 5.41) is 36.2. The first-order chi connectivity index (χ1) is 16.8. The molecule has 2 bridgehead atoms. The van der Waals surface area contributed by atoms with E-state index in [1.54, 1.807) is 18.2 Å². The summed E-state index contributed by atoms with van der Waals surface area (Å²) in [6.45, 7) is 3.48. The average molecular weight is 467 g/mol. The zero-order chi connectivity index (χ0) is 24.7. The minimum absolute atomic E-state index is 0.00428. The lowest BCUT2D eigenvalue weighted by Crippen LogP contribution is -2.54. The van der Waals surface area contributed by atoms with Gasteiger partial charge in [-0.15, -0.1) is 0 Å². The highest BCUT2D eigenvalue weighted by molar-refractivity contribution is 6.31. The molecule has 4 N–H and O–H groups in total. The van der Waals surface area contributed by atoms with Crippen LogP contribution in [0.4, 0.5) is 5.69 Å². The molecule has 2 aliphatic carbocycles.